The van der Waals surface area contributed by atoms with E-state index in [0.717, 1.165) is 77.4 Å². The quantitative estimate of drug-likeness (QED) is 0.404. The largest absolute Gasteiger partial charge is 0.469 e. The van der Waals surface area contributed by atoms with Gasteiger partial charge in [0, 0.05) is 45.2 Å². The average Bonchev–Trinajstić information content (AvgIpc) is 2.89. The zero-order valence-electron chi connectivity index (χ0n) is 20.6. The topological polar surface area (TPSA) is 93.1 Å². The smallest absolute Gasteiger partial charge is 0.305 e. The van der Waals surface area contributed by atoms with E-state index in [1.165, 1.54) is 7.11 Å². The van der Waals surface area contributed by atoms with Gasteiger partial charge < -0.3 is 19.1 Å². The minimum Gasteiger partial charge on any atom is -0.469 e. The zero-order chi connectivity index (χ0) is 24.9. The summed E-state index contributed by atoms with van der Waals surface area (Å²) in [7, 11) is 1.44. The van der Waals surface area contributed by atoms with Crippen molar-refractivity contribution in [3.8, 4) is 11.6 Å². The van der Waals surface area contributed by atoms with Gasteiger partial charge in [0.15, 0.2) is 5.75 Å². The fourth-order valence-electron chi connectivity index (χ4n) is 5.17. The van der Waals surface area contributed by atoms with Crippen LogP contribution < -0.4 is 9.64 Å². The average molecular weight is 517 g/mol. The number of anilines is 1. The lowest BCUT2D eigenvalue weighted by molar-refractivity contribution is -0.142. The summed E-state index contributed by atoms with van der Waals surface area (Å²) in [5.74, 6) is 1.89. The number of pyridine rings is 1. The van der Waals surface area contributed by atoms with Crippen LogP contribution in [-0.4, -0.2) is 96.4 Å². The second-order valence-electron chi connectivity index (χ2n) is 9.67. The van der Waals surface area contributed by atoms with Crippen LogP contribution in [-0.2, 0) is 20.8 Å². The van der Waals surface area contributed by atoms with Gasteiger partial charge in [-0.05, 0) is 43.5 Å². The van der Waals surface area contributed by atoms with Crippen LogP contribution in [0.25, 0.3) is 0 Å². The number of aromatic nitrogens is 3. The zero-order valence-corrected chi connectivity index (χ0v) is 21.4. The minimum absolute atomic E-state index is 0.130. The molecule has 0 aliphatic carbocycles. The first-order valence-corrected chi connectivity index (χ1v) is 13.0. The van der Waals surface area contributed by atoms with E-state index < -0.39 is 0 Å². The molecule has 0 spiro atoms. The summed E-state index contributed by atoms with van der Waals surface area (Å²) in [6, 6.07) is 4.16. The third kappa shape index (κ3) is 6.42. The number of morpholine rings is 1. The molecule has 5 rings (SSSR count). The predicted octanol–water partition coefficient (Wildman–Crippen LogP) is 2.61. The van der Waals surface area contributed by atoms with E-state index in [2.05, 4.69) is 29.7 Å². The number of methoxy groups -OCH3 is 1. The van der Waals surface area contributed by atoms with E-state index in [1.54, 1.807) is 12.4 Å². The molecule has 11 heteroatoms. The molecule has 3 fully saturated rings. The van der Waals surface area contributed by atoms with Crippen molar-refractivity contribution in [3.05, 3.63) is 35.2 Å². The van der Waals surface area contributed by atoms with E-state index in [0.29, 0.717) is 41.1 Å². The Bertz CT molecular complexity index is 1030. The van der Waals surface area contributed by atoms with Crippen molar-refractivity contribution >= 4 is 23.5 Å². The lowest BCUT2D eigenvalue weighted by Crippen LogP contribution is -2.58. The van der Waals surface area contributed by atoms with Crippen molar-refractivity contribution in [2.24, 2.45) is 5.92 Å². The molecule has 36 heavy (non-hydrogen) atoms. The summed E-state index contributed by atoms with van der Waals surface area (Å²) in [4.78, 5) is 32.0. The molecular weight excluding hydrogens is 484 g/mol. The van der Waals surface area contributed by atoms with Gasteiger partial charge in [-0.1, -0.05) is 11.6 Å². The van der Waals surface area contributed by atoms with Crippen LogP contribution in [0.2, 0.25) is 5.15 Å². The van der Waals surface area contributed by atoms with Crippen LogP contribution in [0.3, 0.4) is 0 Å². The number of nitrogens with zero attached hydrogens (tertiary/aromatic N) is 6. The Hall–Kier alpha value is -2.53. The first-order valence-electron chi connectivity index (χ1n) is 12.6. The van der Waals surface area contributed by atoms with Crippen LogP contribution in [0.5, 0.6) is 11.6 Å². The van der Waals surface area contributed by atoms with Crippen molar-refractivity contribution in [2.75, 3.05) is 64.5 Å². The summed E-state index contributed by atoms with van der Waals surface area (Å²) in [6.45, 7) is 7.91. The normalized spacial score (nSPS) is 21.7. The van der Waals surface area contributed by atoms with Crippen LogP contribution in [0.4, 0.5) is 5.95 Å². The van der Waals surface area contributed by atoms with Crippen molar-refractivity contribution < 1.29 is 19.0 Å². The highest BCUT2D eigenvalue weighted by Gasteiger charge is 2.30. The van der Waals surface area contributed by atoms with Crippen molar-refractivity contribution in [2.45, 2.75) is 31.8 Å². The molecule has 2 aromatic rings. The van der Waals surface area contributed by atoms with E-state index in [-0.39, 0.29) is 5.97 Å². The van der Waals surface area contributed by atoms with Crippen molar-refractivity contribution in [1.82, 2.24) is 24.8 Å². The molecule has 0 bridgehead atoms. The monoisotopic (exact) mass is 516 g/mol. The molecule has 0 radical (unpaired) electrons. The van der Waals surface area contributed by atoms with Gasteiger partial charge >= 0.3 is 5.97 Å². The number of carbonyl (C=O) groups is 1. The van der Waals surface area contributed by atoms with Crippen LogP contribution >= 0.6 is 11.6 Å². The van der Waals surface area contributed by atoms with Crippen LogP contribution in [0.15, 0.2) is 24.5 Å². The number of esters is 1. The number of ether oxygens (including phenoxy) is 3. The van der Waals surface area contributed by atoms with Gasteiger partial charge in [-0.25, -0.2) is 15.0 Å². The predicted molar refractivity (Wildman–Crippen MR) is 134 cm³/mol. The number of likely N-dealkylation sites (tertiary alicyclic amines) is 1. The molecule has 1 atom stereocenters. The third-order valence-electron chi connectivity index (χ3n) is 7.18. The second-order valence-corrected chi connectivity index (χ2v) is 10.1. The first-order chi connectivity index (χ1) is 17.6. The Labute approximate surface area is 216 Å². The van der Waals surface area contributed by atoms with Gasteiger partial charge in [-0.2, -0.15) is 0 Å². The molecule has 0 saturated carbocycles. The summed E-state index contributed by atoms with van der Waals surface area (Å²) in [5, 5.41) is 0.383. The summed E-state index contributed by atoms with van der Waals surface area (Å²) in [5.41, 5.74) is 1.03. The number of halogens is 1. The van der Waals surface area contributed by atoms with E-state index in [1.807, 2.05) is 12.1 Å². The lowest BCUT2D eigenvalue weighted by Gasteiger charge is -2.43. The highest BCUT2D eigenvalue weighted by Crippen LogP contribution is 2.26. The van der Waals surface area contributed by atoms with Crippen LogP contribution in [0.1, 0.15) is 24.8 Å². The Kier molecular flexibility index (Phi) is 8.15. The fourth-order valence-corrected chi connectivity index (χ4v) is 5.39. The third-order valence-corrected chi connectivity index (χ3v) is 7.38. The van der Waals surface area contributed by atoms with Gasteiger partial charge in [0.2, 0.25) is 11.8 Å². The van der Waals surface area contributed by atoms with E-state index in [9.17, 15) is 4.79 Å². The second kappa shape index (κ2) is 11.7. The number of hydrogen-bond donors (Lipinski definition) is 0. The molecule has 5 heterocycles. The maximum absolute atomic E-state index is 11.5. The van der Waals surface area contributed by atoms with Gasteiger partial charge in [-0.3, -0.25) is 14.6 Å². The Morgan fingerprint density at radius 3 is 2.72 bits per heavy atom. The molecule has 0 N–H and O–H groups in total. The highest BCUT2D eigenvalue weighted by molar-refractivity contribution is 6.29. The SMILES string of the molecule is COC(=O)CC1CCN(Cc2cc(Cl)nc(Oc3cnc(N4CCN5CCOCC5C4)nc3)c2)CC1. The summed E-state index contributed by atoms with van der Waals surface area (Å²) < 4.78 is 16.4. The number of piperidine rings is 1. The molecule has 0 amide bonds. The molecule has 0 aromatic carbocycles. The first kappa shape index (κ1) is 25.1. The number of piperazine rings is 1. The van der Waals surface area contributed by atoms with Gasteiger partial charge in [-0.15, -0.1) is 0 Å². The molecule has 2 aromatic heterocycles. The van der Waals surface area contributed by atoms with E-state index >= 15 is 0 Å². The minimum atomic E-state index is -0.130. The van der Waals surface area contributed by atoms with Crippen molar-refractivity contribution in [3.63, 3.8) is 0 Å². The molecule has 1 unspecified atom stereocenters. The molecule has 3 aliphatic rings. The van der Waals surface area contributed by atoms with E-state index in [4.69, 9.17) is 25.8 Å². The van der Waals surface area contributed by atoms with Crippen molar-refractivity contribution in [1.29, 1.82) is 0 Å². The number of fused-ring (bicyclic) bond motifs is 1. The number of carbonyl (C=O) groups excluding carboxylic acids is 1. The molecule has 3 aliphatic heterocycles. The fraction of sp³-hybridized carbons (Fsp3) is 0.600. The van der Waals surface area contributed by atoms with Crippen LogP contribution in [0, 0.1) is 5.92 Å². The lowest BCUT2D eigenvalue weighted by atomic mass is 9.93. The Morgan fingerprint density at radius 1 is 1.14 bits per heavy atom. The maximum atomic E-state index is 11.5. The van der Waals surface area contributed by atoms with Gasteiger partial charge in [0.05, 0.1) is 38.8 Å². The number of hydrogen-bond acceptors (Lipinski definition) is 10. The molecular formula is C25H33ClN6O4. The maximum Gasteiger partial charge on any atom is 0.305 e. The summed E-state index contributed by atoms with van der Waals surface area (Å²) >= 11 is 6.30. The van der Waals surface area contributed by atoms with Gasteiger partial charge in [0.25, 0.3) is 0 Å². The Morgan fingerprint density at radius 2 is 1.94 bits per heavy atom. The molecule has 10 nitrogen and oxygen atoms in total. The highest BCUT2D eigenvalue weighted by atomic mass is 35.5. The summed E-state index contributed by atoms with van der Waals surface area (Å²) in [6.07, 6.45) is 5.81. The molecule has 3 saturated heterocycles. The Balaban J connectivity index is 1.16. The standard InChI is InChI=1S/C25H33ClN6O4/c1-34-24(33)12-18-2-4-30(5-3-18)15-19-10-22(26)29-23(11-19)36-21-13-27-25(28-14-21)32-7-6-31-8-9-35-17-20(31)16-32/h10-11,13-14,18,20H,2-9,12,15-17H2,1H3. The molecule has 194 valence electrons. The number of rotatable bonds is 7. The van der Waals surface area contributed by atoms with Gasteiger partial charge in [0.1, 0.15) is 5.15 Å².